The number of ether oxygens (including phenoxy) is 2. The molecule has 1 atom stereocenters. The molecule has 0 spiro atoms. The topological polar surface area (TPSA) is 89.2 Å². The van der Waals surface area contributed by atoms with Gasteiger partial charge in [0.25, 0.3) is 11.7 Å². The Morgan fingerprint density at radius 3 is 2.35 bits per heavy atom. The van der Waals surface area contributed by atoms with Gasteiger partial charge in [0.05, 0.1) is 36.1 Å². The van der Waals surface area contributed by atoms with E-state index >= 15 is 0 Å². The Morgan fingerprint density at radius 2 is 1.76 bits per heavy atom. The molecule has 0 bridgehead atoms. The maximum atomic E-state index is 14.7. The number of hydrogen-bond acceptors (Lipinski definition) is 6. The van der Waals surface area contributed by atoms with Crippen LogP contribution >= 0.6 is 11.6 Å². The summed E-state index contributed by atoms with van der Waals surface area (Å²) < 4.78 is 44.4. The molecular formula is C24H18ClF2NO6. The summed E-state index contributed by atoms with van der Waals surface area (Å²) in [6, 6.07) is 7.02. The minimum absolute atomic E-state index is 0.00889. The van der Waals surface area contributed by atoms with Gasteiger partial charge in [-0.05, 0) is 37.3 Å². The molecule has 1 amide bonds. The first-order valence-electron chi connectivity index (χ1n) is 9.92. The van der Waals surface area contributed by atoms with Crippen molar-refractivity contribution in [2.24, 2.45) is 0 Å². The van der Waals surface area contributed by atoms with Crippen LogP contribution in [0, 0.1) is 18.6 Å². The molecule has 176 valence electrons. The zero-order valence-corrected chi connectivity index (χ0v) is 18.9. The standard InChI is InChI=1S/C24H18ClF2NO6/c1-11-4-7-17(34-11)21-20(22(29)13-9-19(33-3)14(25)10-18(13)32-2)23(30)24(31)28(21)16-6-5-12(26)8-15(16)27/h4-10,21,29H,1-3H3/b22-20+. The van der Waals surface area contributed by atoms with E-state index in [4.69, 9.17) is 25.5 Å². The lowest BCUT2D eigenvalue weighted by Crippen LogP contribution is -2.30. The molecule has 1 aliphatic rings. The van der Waals surface area contributed by atoms with E-state index in [9.17, 15) is 23.5 Å². The number of aliphatic hydroxyl groups excluding tert-OH is 1. The molecule has 1 aliphatic heterocycles. The summed E-state index contributed by atoms with van der Waals surface area (Å²) in [4.78, 5) is 27.0. The van der Waals surface area contributed by atoms with Crippen molar-refractivity contribution in [3.05, 3.63) is 81.8 Å². The number of amides is 1. The summed E-state index contributed by atoms with van der Waals surface area (Å²) in [5.41, 5.74) is -0.734. The van der Waals surface area contributed by atoms with Crippen molar-refractivity contribution in [2.75, 3.05) is 19.1 Å². The first kappa shape index (κ1) is 23.3. The highest BCUT2D eigenvalue weighted by Gasteiger charge is 2.49. The van der Waals surface area contributed by atoms with Crippen molar-refractivity contribution in [1.29, 1.82) is 0 Å². The van der Waals surface area contributed by atoms with Crippen LogP contribution < -0.4 is 14.4 Å². The highest BCUT2D eigenvalue weighted by Crippen LogP contribution is 2.45. The fourth-order valence-corrected chi connectivity index (χ4v) is 4.05. The van der Waals surface area contributed by atoms with Crippen LogP contribution in [0.25, 0.3) is 5.76 Å². The molecule has 0 saturated carbocycles. The highest BCUT2D eigenvalue weighted by molar-refractivity contribution is 6.51. The third-order valence-electron chi connectivity index (χ3n) is 5.37. The van der Waals surface area contributed by atoms with Crippen LogP contribution in [0.1, 0.15) is 23.1 Å². The van der Waals surface area contributed by atoms with Gasteiger partial charge in [0.1, 0.15) is 46.5 Å². The minimum atomic E-state index is -1.35. The van der Waals surface area contributed by atoms with Gasteiger partial charge in [-0.15, -0.1) is 0 Å². The smallest absolute Gasteiger partial charge is 0.300 e. The number of anilines is 1. The van der Waals surface area contributed by atoms with Gasteiger partial charge in [0, 0.05) is 12.1 Å². The fraction of sp³-hybridized carbons (Fsp3) is 0.167. The molecule has 2 aromatic carbocycles. The van der Waals surface area contributed by atoms with Crippen molar-refractivity contribution in [1.82, 2.24) is 0 Å². The molecule has 4 rings (SSSR count). The third kappa shape index (κ3) is 3.77. The Labute approximate surface area is 197 Å². The summed E-state index contributed by atoms with van der Waals surface area (Å²) in [7, 11) is 2.69. The number of carbonyl (C=O) groups excluding carboxylic acids is 2. The first-order valence-corrected chi connectivity index (χ1v) is 10.3. The lowest BCUT2D eigenvalue weighted by atomic mass is 9.98. The average molecular weight is 490 g/mol. The van der Waals surface area contributed by atoms with Crippen molar-refractivity contribution in [3.8, 4) is 11.5 Å². The molecule has 1 unspecified atom stereocenters. The summed E-state index contributed by atoms with van der Waals surface area (Å²) >= 11 is 6.14. The van der Waals surface area contributed by atoms with Crippen molar-refractivity contribution in [3.63, 3.8) is 0 Å². The lowest BCUT2D eigenvalue weighted by Gasteiger charge is -2.24. The van der Waals surface area contributed by atoms with E-state index in [-0.39, 0.29) is 39.1 Å². The molecule has 1 N–H and O–H groups in total. The normalized spacial score (nSPS) is 17.4. The summed E-state index contributed by atoms with van der Waals surface area (Å²) in [6.45, 7) is 1.64. The van der Waals surface area contributed by atoms with E-state index in [1.54, 1.807) is 13.0 Å². The van der Waals surface area contributed by atoms with Crippen molar-refractivity contribution in [2.45, 2.75) is 13.0 Å². The molecule has 34 heavy (non-hydrogen) atoms. The molecule has 1 fully saturated rings. The predicted molar refractivity (Wildman–Crippen MR) is 119 cm³/mol. The molecule has 2 heterocycles. The van der Waals surface area contributed by atoms with Gasteiger partial charge < -0.3 is 19.0 Å². The Kier molecular flexibility index (Phi) is 6.05. The quantitative estimate of drug-likeness (QED) is 0.302. The van der Waals surface area contributed by atoms with Gasteiger partial charge in [0.15, 0.2) is 0 Å². The number of rotatable bonds is 5. The number of methoxy groups -OCH3 is 2. The molecule has 0 aliphatic carbocycles. The van der Waals surface area contributed by atoms with Gasteiger partial charge in [-0.1, -0.05) is 11.6 Å². The monoisotopic (exact) mass is 489 g/mol. The number of Topliss-reactive ketones (excluding diaryl/α,β-unsaturated/α-hetero) is 1. The van der Waals surface area contributed by atoms with Gasteiger partial charge in [0.2, 0.25) is 0 Å². The first-order chi connectivity index (χ1) is 16.2. The van der Waals surface area contributed by atoms with Crippen LogP contribution in [0.2, 0.25) is 5.02 Å². The maximum Gasteiger partial charge on any atom is 0.300 e. The molecule has 1 aromatic heterocycles. The average Bonchev–Trinajstić information content (AvgIpc) is 3.34. The van der Waals surface area contributed by atoms with Crippen LogP contribution in [0.15, 0.2) is 52.5 Å². The Morgan fingerprint density at radius 1 is 1.06 bits per heavy atom. The van der Waals surface area contributed by atoms with Crippen LogP contribution in [0.5, 0.6) is 11.5 Å². The largest absolute Gasteiger partial charge is 0.507 e. The summed E-state index contributed by atoms with van der Waals surface area (Å²) in [5.74, 6) is -3.98. The maximum absolute atomic E-state index is 14.7. The van der Waals surface area contributed by atoms with E-state index in [2.05, 4.69) is 0 Å². The predicted octanol–water partition coefficient (Wildman–Crippen LogP) is 5.16. The van der Waals surface area contributed by atoms with Gasteiger partial charge >= 0.3 is 0 Å². The Balaban J connectivity index is 2.00. The van der Waals surface area contributed by atoms with E-state index in [0.29, 0.717) is 11.8 Å². The zero-order chi connectivity index (χ0) is 24.7. The SMILES string of the molecule is COc1cc(/C(O)=C2\C(=O)C(=O)N(c3ccc(F)cc3F)C2c2ccc(C)o2)c(OC)cc1Cl. The third-order valence-corrected chi connectivity index (χ3v) is 5.67. The van der Waals surface area contributed by atoms with E-state index in [1.165, 1.54) is 32.4 Å². The Hall–Kier alpha value is -3.85. The molecule has 7 nitrogen and oxygen atoms in total. The van der Waals surface area contributed by atoms with Crippen molar-refractivity contribution < 1.29 is 37.4 Å². The second-order valence-corrected chi connectivity index (χ2v) is 7.81. The molecule has 1 saturated heterocycles. The minimum Gasteiger partial charge on any atom is -0.507 e. The number of ketones is 1. The number of carbonyl (C=O) groups is 2. The number of aliphatic hydroxyl groups is 1. The highest BCUT2D eigenvalue weighted by atomic mass is 35.5. The van der Waals surface area contributed by atoms with Crippen LogP contribution in [-0.2, 0) is 9.59 Å². The van der Waals surface area contributed by atoms with Gasteiger partial charge in [-0.3, -0.25) is 14.5 Å². The van der Waals surface area contributed by atoms with Crippen LogP contribution in [-0.4, -0.2) is 31.0 Å². The number of nitrogens with zero attached hydrogens (tertiary/aromatic N) is 1. The molecule has 10 heteroatoms. The van der Waals surface area contributed by atoms with E-state index < -0.39 is 35.1 Å². The number of aryl methyl sites for hydroxylation is 1. The van der Waals surface area contributed by atoms with E-state index in [0.717, 1.165) is 17.0 Å². The number of halogens is 3. The number of furan rings is 1. The molecule has 0 radical (unpaired) electrons. The van der Waals surface area contributed by atoms with Gasteiger partial charge in [-0.25, -0.2) is 8.78 Å². The van der Waals surface area contributed by atoms with E-state index in [1.807, 2.05) is 0 Å². The zero-order valence-electron chi connectivity index (χ0n) is 18.2. The lowest BCUT2D eigenvalue weighted by molar-refractivity contribution is -0.132. The number of benzene rings is 2. The van der Waals surface area contributed by atoms with Gasteiger partial charge in [-0.2, -0.15) is 0 Å². The Bertz CT molecular complexity index is 1350. The second kappa shape index (κ2) is 8.83. The van der Waals surface area contributed by atoms with Crippen LogP contribution in [0.3, 0.4) is 0 Å². The molecule has 3 aromatic rings. The summed E-state index contributed by atoms with van der Waals surface area (Å²) in [6.07, 6.45) is 0. The second-order valence-electron chi connectivity index (χ2n) is 7.40. The van der Waals surface area contributed by atoms with Crippen molar-refractivity contribution >= 4 is 34.7 Å². The number of hydrogen-bond donors (Lipinski definition) is 1. The fourth-order valence-electron chi connectivity index (χ4n) is 3.82. The summed E-state index contributed by atoms with van der Waals surface area (Å²) in [5, 5.41) is 11.4. The molecular weight excluding hydrogens is 472 g/mol. The van der Waals surface area contributed by atoms with Crippen LogP contribution in [0.4, 0.5) is 14.5 Å².